The molecule has 0 unspecified atom stereocenters. The number of carboxylic acids is 4. The maximum Gasteiger partial charge on any atom is 4.00 e. The first-order chi connectivity index (χ1) is 43.0. The van der Waals surface area contributed by atoms with Crippen molar-refractivity contribution in [3.8, 4) is 0 Å². The van der Waals surface area contributed by atoms with Crippen LogP contribution in [0.5, 0.6) is 0 Å². The van der Waals surface area contributed by atoms with Gasteiger partial charge in [-0.25, -0.2) is 0 Å². The van der Waals surface area contributed by atoms with Crippen molar-refractivity contribution in [3.63, 3.8) is 0 Å². The van der Waals surface area contributed by atoms with Crippen molar-refractivity contribution in [2.45, 2.75) is 304 Å². The van der Waals surface area contributed by atoms with Crippen LogP contribution in [-0.4, -0.2) is 46.9 Å². The molecule has 496 valence electrons. The Hall–Kier alpha value is -3.13. The third-order valence-corrected chi connectivity index (χ3v) is 20.1. The topological polar surface area (TPSA) is 161 Å². The van der Waals surface area contributed by atoms with Crippen molar-refractivity contribution in [1.82, 2.24) is 0 Å². The van der Waals surface area contributed by atoms with Crippen LogP contribution in [0.3, 0.4) is 0 Å². The number of unbranched alkanes of at least 4 members (excludes halogenated alkanes) is 36. The average Bonchev–Trinajstić information content (AvgIpc) is 3.53. The smallest absolute Gasteiger partial charge is 0.545 e. The van der Waals surface area contributed by atoms with E-state index in [1.807, 2.05) is 48.5 Å². The summed E-state index contributed by atoms with van der Waals surface area (Å²) >= 11 is 6.53. The number of hydrogen-bond donors (Lipinski definition) is 0. The van der Waals surface area contributed by atoms with E-state index >= 15 is 0 Å². The van der Waals surface area contributed by atoms with Crippen LogP contribution in [0, 0.1) is 0 Å². The Morgan fingerprint density at radius 2 is 0.371 bits per heavy atom. The molecular formula is C76H116O8S4Ti. The van der Waals surface area contributed by atoms with Gasteiger partial charge in [0.15, 0.2) is 0 Å². The van der Waals surface area contributed by atoms with Gasteiger partial charge in [-0.3, -0.25) is 0 Å². The van der Waals surface area contributed by atoms with Gasteiger partial charge in [0, 0.05) is 41.8 Å². The minimum atomic E-state index is -1.08. The van der Waals surface area contributed by atoms with Gasteiger partial charge < -0.3 is 39.6 Å². The molecule has 13 heteroatoms. The van der Waals surface area contributed by atoms with E-state index in [-0.39, 0.29) is 21.7 Å². The molecule has 0 aliphatic heterocycles. The molecule has 4 aromatic carbocycles. The number of aromatic carboxylic acids is 4. The molecule has 0 bridgehead atoms. The first kappa shape index (κ1) is 85.9. The van der Waals surface area contributed by atoms with Crippen LogP contribution in [0.25, 0.3) is 0 Å². The molecule has 0 aliphatic carbocycles. The Morgan fingerprint density at radius 3 is 0.517 bits per heavy atom. The van der Waals surface area contributed by atoms with E-state index in [1.165, 1.54) is 231 Å². The molecule has 0 saturated heterocycles. The third-order valence-electron chi connectivity index (χ3n) is 15.4. The predicted octanol–water partition coefficient (Wildman–Crippen LogP) is 20.2. The zero-order valence-electron chi connectivity index (χ0n) is 55.7. The quantitative estimate of drug-likeness (QED) is 0.0234. The fourth-order valence-electron chi connectivity index (χ4n) is 10.1. The molecule has 0 amide bonds. The molecule has 4 rings (SSSR count). The Morgan fingerprint density at radius 1 is 0.236 bits per heavy atom. The second kappa shape index (κ2) is 63.6. The van der Waals surface area contributed by atoms with Crippen LogP contribution in [0.4, 0.5) is 0 Å². The van der Waals surface area contributed by atoms with Crippen LogP contribution < -0.4 is 20.4 Å². The number of benzene rings is 4. The monoisotopic (exact) mass is 1330 g/mol. The maximum absolute atomic E-state index is 11.0. The van der Waals surface area contributed by atoms with Crippen molar-refractivity contribution in [2.75, 3.05) is 23.0 Å². The van der Waals surface area contributed by atoms with Gasteiger partial charge in [0.25, 0.3) is 0 Å². The minimum absolute atomic E-state index is 0. The predicted molar refractivity (Wildman–Crippen MR) is 373 cm³/mol. The molecule has 0 radical (unpaired) electrons. The normalized spacial score (nSPS) is 10.7. The van der Waals surface area contributed by atoms with Crippen LogP contribution in [0.15, 0.2) is 117 Å². The van der Waals surface area contributed by atoms with E-state index in [0.717, 1.165) is 68.3 Å². The summed E-state index contributed by atoms with van der Waals surface area (Å²) in [6.45, 7) is 9.01. The molecule has 0 saturated carbocycles. The van der Waals surface area contributed by atoms with Crippen LogP contribution in [0.1, 0.15) is 326 Å². The van der Waals surface area contributed by atoms with Gasteiger partial charge in [-0.1, -0.05) is 332 Å². The van der Waals surface area contributed by atoms with Gasteiger partial charge in [-0.05, 0) is 73.0 Å². The second-order valence-corrected chi connectivity index (χ2v) is 27.8. The van der Waals surface area contributed by atoms with Crippen molar-refractivity contribution in [3.05, 3.63) is 119 Å². The van der Waals surface area contributed by atoms with Crippen LogP contribution in [-0.2, 0) is 21.7 Å². The van der Waals surface area contributed by atoms with Gasteiger partial charge in [0.05, 0.1) is 23.9 Å². The Kier molecular flexibility index (Phi) is 61.4. The van der Waals surface area contributed by atoms with Gasteiger partial charge in [-0.15, -0.1) is 47.0 Å². The van der Waals surface area contributed by atoms with Crippen molar-refractivity contribution < 1.29 is 61.3 Å². The summed E-state index contributed by atoms with van der Waals surface area (Å²) in [6.07, 6.45) is 53.1. The van der Waals surface area contributed by atoms with Crippen molar-refractivity contribution in [1.29, 1.82) is 0 Å². The minimum Gasteiger partial charge on any atom is -0.545 e. The number of rotatable bonds is 52. The molecule has 4 aromatic rings. The van der Waals surface area contributed by atoms with E-state index in [4.69, 9.17) is 0 Å². The molecule has 0 heterocycles. The summed E-state index contributed by atoms with van der Waals surface area (Å²) in [4.78, 5) is 47.3. The number of hydrogen-bond acceptors (Lipinski definition) is 12. The zero-order valence-corrected chi connectivity index (χ0v) is 60.6. The average molecular weight is 1330 g/mol. The fraction of sp³-hybridized carbons (Fsp3) is 0.632. The number of carboxylic acid groups (broad SMARTS) is 4. The molecule has 8 nitrogen and oxygen atoms in total. The molecule has 0 atom stereocenters. The molecule has 0 spiro atoms. The largest absolute Gasteiger partial charge is 4.00 e. The molecule has 0 fully saturated rings. The summed E-state index contributed by atoms with van der Waals surface area (Å²) in [5.41, 5.74) is 1.28. The molecule has 0 aromatic heterocycles. The summed E-state index contributed by atoms with van der Waals surface area (Å²) in [5.74, 6) is -0.363. The molecule has 0 aliphatic rings. The second-order valence-electron chi connectivity index (χ2n) is 23.3. The summed E-state index contributed by atoms with van der Waals surface area (Å²) in [6, 6.07) is 28.5. The van der Waals surface area contributed by atoms with E-state index < -0.39 is 23.9 Å². The van der Waals surface area contributed by atoms with Crippen molar-refractivity contribution >= 4 is 70.9 Å². The molecular weight excluding hydrogens is 1220 g/mol. The van der Waals surface area contributed by atoms with Crippen molar-refractivity contribution in [2.24, 2.45) is 0 Å². The first-order valence-electron chi connectivity index (χ1n) is 34.7. The number of thioether (sulfide) groups is 4. The van der Waals surface area contributed by atoms with Gasteiger partial charge >= 0.3 is 21.7 Å². The fourth-order valence-corrected chi connectivity index (χ4v) is 14.3. The molecule has 89 heavy (non-hydrogen) atoms. The van der Waals surface area contributed by atoms with Crippen LogP contribution >= 0.6 is 47.0 Å². The third kappa shape index (κ3) is 49.2. The van der Waals surface area contributed by atoms with E-state index in [0.29, 0.717) is 22.3 Å². The Labute approximate surface area is 574 Å². The molecule has 0 N–H and O–H groups in total. The summed E-state index contributed by atoms with van der Waals surface area (Å²) in [7, 11) is 0. The number of carbonyl (C=O) groups is 4. The van der Waals surface area contributed by atoms with E-state index in [9.17, 15) is 39.6 Å². The van der Waals surface area contributed by atoms with E-state index in [2.05, 4.69) is 27.7 Å². The summed E-state index contributed by atoms with van der Waals surface area (Å²) < 4.78 is 0. The zero-order chi connectivity index (χ0) is 64.2. The Bertz CT molecular complexity index is 2000. The Balaban J connectivity index is 0.00000116. The van der Waals surface area contributed by atoms with Gasteiger partial charge in [0.1, 0.15) is 0 Å². The van der Waals surface area contributed by atoms with Gasteiger partial charge in [0.2, 0.25) is 0 Å². The SMILES string of the molecule is CCCCCCCCCCCCSc1ccccc1C(=O)[O-].CCCCCCCCCCCCSc1ccccc1C(=O)[O-].CCCCCCCCCCCCSc1ccccc1C(=O)[O-].CCCCCCCCCCCCSc1ccccc1C(=O)[O-].[Ti+4]. The maximum atomic E-state index is 11.0. The van der Waals surface area contributed by atoms with E-state index in [1.54, 1.807) is 95.6 Å². The summed E-state index contributed by atoms with van der Waals surface area (Å²) in [5, 5.41) is 44.0. The number of carbonyl (C=O) groups excluding carboxylic acids is 4. The van der Waals surface area contributed by atoms with Gasteiger partial charge in [-0.2, -0.15) is 0 Å². The standard InChI is InChI=1S/4C19H30O2S.Ti/c4*1-2-3-4-5-6-7-8-9-10-13-16-22-18-15-12-11-14-17(18)19(20)21;/h4*11-12,14-15H,2-10,13,16H2,1H3,(H,20,21);/q;;;;+4/p-4. The first-order valence-corrected chi connectivity index (χ1v) is 38.7. The van der Waals surface area contributed by atoms with Crippen LogP contribution in [0.2, 0.25) is 0 Å².